The number of hydrogen-bond donors (Lipinski definition) is 2. The molecule has 0 aliphatic carbocycles. The van der Waals surface area contributed by atoms with Crippen LogP contribution in [0.5, 0.6) is 5.75 Å². The lowest BCUT2D eigenvalue weighted by molar-refractivity contribution is -0.131. The van der Waals surface area contributed by atoms with Crippen LogP contribution in [0.1, 0.15) is 41.3 Å². The smallest absolute Gasteiger partial charge is 0.266 e. The fourth-order valence-corrected chi connectivity index (χ4v) is 3.48. The van der Waals surface area contributed by atoms with E-state index in [2.05, 4.69) is 20.9 Å². The summed E-state index contributed by atoms with van der Waals surface area (Å²) in [5.41, 5.74) is 2.48. The maximum absolute atomic E-state index is 12.7. The van der Waals surface area contributed by atoms with Crippen molar-refractivity contribution in [2.24, 2.45) is 0 Å². The number of nitrogens with one attached hydrogen (secondary N) is 1. The van der Waals surface area contributed by atoms with Gasteiger partial charge in [0.15, 0.2) is 0 Å². The molecule has 1 amide bonds. The van der Waals surface area contributed by atoms with Crippen LogP contribution >= 0.6 is 15.9 Å². The molecule has 142 valence electrons. The van der Waals surface area contributed by atoms with Gasteiger partial charge in [0.25, 0.3) is 5.56 Å². The molecule has 0 atom stereocenters. The van der Waals surface area contributed by atoms with Gasteiger partial charge in [-0.1, -0.05) is 15.9 Å². The van der Waals surface area contributed by atoms with Gasteiger partial charge in [0, 0.05) is 35.2 Å². The molecule has 27 heavy (non-hydrogen) atoms. The van der Waals surface area contributed by atoms with Gasteiger partial charge >= 0.3 is 0 Å². The molecule has 1 aromatic heterocycles. The number of aromatic hydroxyl groups is 1. The highest BCUT2D eigenvalue weighted by molar-refractivity contribution is 9.10. The number of amides is 1. The normalized spacial score (nSPS) is 10.5. The number of nitrogens with zero attached hydrogens (tertiary/aromatic N) is 2. The van der Waals surface area contributed by atoms with Gasteiger partial charge in [0.2, 0.25) is 5.91 Å². The van der Waals surface area contributed by atoms with E-state index < -0.39 is 5.56 Å². The van der Waals surface area contributed by atoms with Crippen molar-refractivity contribution in [2.75, 3.05) is 6.54 Å². The summed E-state index contributed by atoms with van der Waals surface area (Å²) in [5, 5.41) is 19.2. The van der Waals surface area contributed by atoms with Crippen LogP contribution in [0.25, 0.3) is 0 Å². The van der Waals surface area contributed by atoms with E-state index in [0.717, 1.165) is 10.0 Å². The minimum atomic E-state index is -0.400. The first-order valence-electron chi connectivity index (χ1n) is 8.66. The number of hydrogen-bond acceptors (Lipinski definition) is 4. The lowest BCUT2D eigenvalue weighted by Gasteiger charge is -2.22. The zero-order chi connectivity index (χ0) is 20.1. The monoisotopic (exact) mass is 431 g/mol. The molecule has 1 aromatic carbocycles. The second-order valence-corrected chi connectivity index (χ2v) is 7.27. The maximum Gasteiger partial charge on any atom is 0.266 e. The van der Waals surface area contributed by atoms with Gasteiger partial charge in [-0.05, 0) is 56.5 Å². The summed E-state index contributed by atoms with van der Waals surface area (Å²) in [6.07, 6.45) is 0.685. The van der Waals surface area contributed by atoms with E-state index in [-0.39, 0.29) is 23.6 Å². The molecule has 1 heterocycles. The molecular formula is C20H22BrN3O3. The van der Waals surface area contributed by atoms with Crippen LogP contribution in [0.3, 0.4) is 0 Å². The number of carbonyl (C=O) groups excluding carboxylic acids is 1. The number of phenols is 1. The topological polar surface area (TPSA) is 97.2 Å². The molecule has 0 saturated heterocycles. The highest BCUT2D eigenvalue weighted by Gasteiger charge is 2.17. The molecule has 0 aliphatic rings. The van der Waals surface area contributed by atoms with Gasteiger partial charge in [0.1, 0.15) is 17.4 Å². The van der Waals surface area contributed by atoms with Gasteiger partial charge in [-0.2, -0.15) is 5.26 Å². The highest BCUT2D eigenvalue weighted by atomic mass is 79.9. The second kappa shape index (κ2) is 8.87. The number of pyridine rings is 1. The van der Waals surface area contributed by atoms with Crippen LogP contribution in [0.2, 0.25) is 0 Å². The van der Waals surface area contributed by atoms with Gasteiger partial charge < -0.3 is 15.0 Å². The Labute approximate surface area is 166 Å². The SMILES string of the molecule is CCN(Cc1cc(Br)ccc1O)C(=O)CCc1c(C)[nH]c(=O)c(C#N)c1C. The first kappa shape index (κ1) is 20.7. The Balaban J connectivity index is 2.16. The van der Waals surface area contributed by atoms with E-state index in [1.54, 1.807) is 36.9 Å². The van der Waals surface area contributed by atoms with Gasteiger partial charge in [0.05, 0.1) is 0 Å². The Bertz CT molecular complexity index is 960. The van der Waals surface area contributed by atoms with Crippen LogP contribution in [-0.2, 0) is 17.8 Å². The molecule has 0 radical (unpaired) electrons. The lowest BCUT2D eigenvalue weighted by atomic mass is 9.99. The third-order valence-corrected chi connectivity index (χ3v) is 5.14. The Kier molecular flexibility index (Phi) is 6.81. The third kappa shape index (κ3) is 4.77. The van der Waals surface area contributed by atoms with Crippen molar-refractivity contribution in [3.05, 3.63) is 61.0 Å². The average Bonchev–Trinajstić information content (AvgIpc) is 2.62. The van der Waals surface area contributed by atoms with Crippen LogP contribution in [0.15, 0.2) is 27.5 Å². The molecule has 0 saturated carbocycles. The molecule has 0 aliphatic heterocycles. The number of phenolic OH excluding ortho intramolecular Hbond substituents is 1. The number of benzene rings is 1. The van der Waals surface area contributed by atoms with E-state index in [1.165, 1.54) is 0 Å². The average molecular weight is 432 g/mol. The number of aryl methyl sites for hydroxylation is 1. The first-order chi connectivity index (χ1) is 12.8. The van der Waals surface area contributed by atoms with Crippen molar-refractivity contribution in [3.8, 4) is 11.8 Å². The lowest BCUT2D eigenvalue weighted by Crippen LogP contribution is -2.30. The number of aromatic nitrogens is 1. The van der Waals surface area contributed by atoms with Crippen molar-refractivity contribution >= 4 is 21.8 Å². The number of H-pyrrole nitrogens is 1. The zero-order valence-corrected chi connectivity index (χ0v) is 17.2. The molecule has 0 bridgehead atoms. The zero-order valence-electron chi connectivity index (χ0n) is 15.6. The molecule has 2 N–H and O–H groups in total. The summed E-state index contributed by atoms with van der Waals surface area (Å²) >= 11 is 3.37. The standard InChI is InChI=1S/C20H22BrN3O3/c1-4-24(11-14-9-15(21)5-7-18(14)25)19(26)8-6-16-12(2)17(10-22)20(27)23-13(16)3/h5,7,9,25H,4,6,8,11H2,1-3H3,(H,23,27). The molecule has 6 nitrogen and oxygen atoms in total. The van der Waals surface area contributed by atoms with Crippen LogP contribution in [0.4, 0.5) is 0 Å². The number of rotatable bonds is 6. The summed E-state index contributed by atoms with van der Waals surface area (Å²) in [7, 11) is 0. The largest absolute Gasteiger partial charge is 0.508 e. The molecule has 7 heteroatoms. The Morgan fingerprint density at radius 2 is 2.07 bits per heavy atom. The van der Waals surface area contributed by atoms with Gasteiger partial charge in [-0.15, -0.1) is 0 Å². The van der Waals surface area contributed by atoms with Crippen LogP contribution in [0, 0.1) is 25.2 Å². The Morgan fingerprint density at radius 3 is 2.70 bits per heavy atom. The van der Waals surface area contributed by atoms with E-state index in [9.17, 15) is 14.7 Å². The number of nitriles is 1. The quantitative estimate of drug-likeness (QED) is 0.732. The van der Waals surface area contributed by atoms with E-state index in [4.69, 9.17) is 5.26 Å². The van der Waals surface area contributed by atoms with Crippen molar-refractivity contribution in [1.82, 2.24) is 9.88 Å². The van der Waals surface area contributed by atoms with Crippen molar-refractivity contribution < 1.29 is 9.90 Å². The molecule has 0 fully saturated rings. The summed E-state index contributed by atoms with van der Waals surface area (Å²) in [6.45, 7) is 6.22. The van der Waals surface area contributed by atoms with Crippen LogP contribution in [-0.4, -0.2) is 27.4 Å². The van der Waals surface area contributed by atoms with E-state index in [0.29, 0.717) is 36.3 Å². The van der Waals surface area contributed by atoms with Gasteiger partial charge in [-0.3, -0.25) is 9.59 Å². The van der Waals surface area contributed by atoms with E-state index in [1.807, 2.05) is 13.0 Å². The summed E-state index contributed by atoms with van der Waals surface area (Å²) in [4.78, 5) is 28.9. The van der Waals surface area contributed by atoms with Gasteiger partial charge in [-0.25, -0.2) is 0 Å². The van der Waals surface area contributed by atoms with Crippen molar-refractivity contribution in [2.45, 2.75) is 40.2 Å². The summed E-state index contributed by atoms with van der Waals surface area (Å²) < 4.78 is 0.835. The number of aromatic amines is 1. The second-order valence-electron chi connectivity index (χ2n) is 6.35. The van der Waals surface area contributed by atoms with Crippen LogP contribution < -0.4 is 5.56 Å². The summed E-state index contributed by atoms with van der Waals surface area (Å²) in [6, 6.07) is 7.05. The molecule has 0 spiro atoms. The summed E-state index contributed by atoms with van der Waals surface area (Å²) in [5.74, 6) is 0.0934. The third-order valence-electron chi connectivity index (χ3n) is 4.65. The number of carbonyl (C=O) groups is 1. The Hall–Kier alpha value is -2.59. The van der Waals surface area contributed by atoms with Crippen molar-refractivity contribution in [1.29, 1.82) is 5.26 Å². The predicted octanol–water partition coefficient (Wildman–Crippen LogP) is 3.31. The number of halogens is 1. The molecule has 2 rings (SSSR count). The fraction of sp³-hybridized carbons (Fsp3) is 0.350. The molecule has 2 aromatic rings. The predicted molar refractivity (Wildman–Crippen MR) is 106 cm³/mol. The minimum absolute atomic E-state index is 0.0552. The van der Waals surface area contributed by atoms with Crippen molar-refractivity contribution in [3.63, 3.8) is 0 Å². The maximum atomic E-state index is 12.7. The minimum Gasteiger partial charge on any atom is -0.508 e. The first-order valence-corrected chi connectivity index (χ1v) is 9.45. The van der Waals surface area contributed by atoms with E-state index >= 15 is 0 Å². The Morgan fingerprint density at radius 1 is 1.37 bits per heavy atom. The molecule has 0 unspecified atom stereocenters. The molecular weight excluding hydrogens is 410 g/mol. The fourth-order valence-electron chi connectivity index (χ4n) is 3.07. The highest BCUT2D eigenvalue weighted by Crippen LogP contribution is 2.24.